The summed E-state index contributed by atoms with van der Waals surface area (Å²) >= 11 is 1.96. The molecule has 2 heteroatoms. The van der Waals surface area contributed by atoms with Gasteiger partial charge in [0, 0.05) is 48.2 Å². The van der Waals surface area contributed by atoms with Gasteiger partial charge in [-0.1, -0.05) is 202 Å². The van der Waals surface area contributed by atoms with Crippen LogP contribution in [0.2, 0.25) is 0 Å². The molecule has 0 unspecified atom stereocenters. The first-order chi connectivity index (χ1) is 32.5. The maximum Gasteiger partial charge on any atom is 0.0726 e. The van der Waals surface area contributed by atoms with Gasteiger partial charge in [0.05, 0.1) is 5.41 Å². The van der Waals surface area contributed by atoms with Crippen LogP contribution in [-0.4, -0.2) is 0 Å². The molecule has 0 radical (unpaired) electrons. The van der Waals surface area contributed by atoms with Crippen LogP contribution in [0.1, 0.15) is 47.2 Å². The maximum absolute atomic E-state index is 2.45. The zero-order valence-corrected chi connectivity index (χ0v) is 37.5. The van der Waals surface area contributed by atoms with Gasteiger partial charge < -0.3 is 4.90 Å². The number of anilines is 3. The predicted octanol–water partition coefficient (Wildman–Crippen LogP) is 17.5. The third-order valence-corrected chi connectivity index (χ3v) is 16.4. The Balaban J connectivity index is 0.907. The Bertz CT molecular complexity index is 3730. The van der Waals surface area contributed by atoms with Gasteiger partial charge in [-0.05, 0) is 120 Å². The smallest absolute Gasteiger partial charge is 0.0726 e. The van der Waals surface area contributed by atoms with Gasteiger partial charge in [-0.3, -0.25) is 0 Å². The van der Waals surface area contributed by atoms with E-state index in [0.29, 0.717) is 0 Å². The fourth-order valence-corrected chi connectivity index (χ4v) is 13.6. The average molecular weight is 858 g/mol. The molecule has 0 aliphatic heterocycles. The second-order valence-corrected chi connectivity index (χ2v) is 19.8. The molecule has 0 N–H and O–H groups in total. The summed E-state index contributed by atoms with van der Waals surface area (Å²) in [7, 11) is 0. The zero-order chi connectivity index (χ0) is 43.7. The Morgan fingerprint density at radius 2 is 0.803 bits per heavy atom. The van der Waals surface area contributed by atoms with E-state index in [-0.39, 0.29) is 10.8 Å². The highest BCUT2D eigenvalue weighted by molar-refractivity contribution is 7.27. The van der Waals surface area contributed by atoms with Gasteiger partial charge in [0.15, 0.2) is 0 Å². The topological polar surface area (TPSA) is 3.24 Å². The van der Waals surface area contributed by atoms with Crippen LogP contribution in [0, 0.1) is 0 Å². The van der Waals surface area contributed by atoms with Crippen LogP contribution in [-0.2, 0) is 10.8 Å². The number of hydrogen-bond acceptors (Lipinski definition) is 2. The van der Waals surface area contributed by atoms with Crippen LogP contribution in [0.25, 0.3) is 75.8 Å². The second-order valence-electron chi connectivity index (χ2n) is 18.7. The van der Waals surface area contributed by atoms with Crippen molar-refractivity contribution in [1.82, 2.24) is 0 Å². The number of benzene rings is 10. The van der Waals surface area contributed by atoms with Gasteiger partial charge in [0.25, 0.3) is 0 Å². The lowest BCUT2D eigenvalue weighted by molar-refractivity contribution is 0.660. The monoisotopic (exact) mass is 857 g/mol. The lowest BCUT2D eigenvalue weighted by atomic mass is 9.70. The Morgan fingerprint density at radius 3 is 1.47 bits per heavy atom. The molecule has 0 fully saturated rings. The molecule has 0 saturated heterocycles. The minimum Gasteiger partial charge on any atom is -0.310 e. The Morgan fingerprint density at radius 1 is 0.318 bits per heavy atom. The molecule has 14 rings (SSSR count). The quantitative estimate of drug-likeness (QED) is 0.167. The van der Waals surface area contributed by atoms with Crippen LogP contribution < -0.4 is 4.90 Å². The zero-order valence-electron chi connectivity index (χ0n) is 36.7. The number of nitrogens with zero attached hydrogens (tertiary/aromatic N) is 1. The number of fused-ring (bicyclic) bond motifs is 17. The summed E-state index contributed by atoms with van der Waals surface area (Å²) in [4.78, 5) is 2.42. The summed E-state index contributed by atoms with van der Waals surface area (Å²) in [5.74, 6) is 0. The molecule has 0 atom stereocenters. The number of thiophene rings is 1. The fraction of sp³-hybridized carbons (Fsp3) is 0.0625. The van der Waals surface area contributed by atoms with Crippen molar-refractivity contribution < 1.29 is 0 Å². The lowest BCUT2D eigenvalue weighted by Crippen LogP contribution is -2.25. The summed E-state index contributed by atoms with van der Waals surface area (Å²) in [5, 5.41) is 2.64. The van der Waals surface area contributed by atoms with E-state index in [9.17, 15) is 0 Å². The standard InChI is InChI=1S/C64H43NS/c1-63(2)54-23-10-6-17-47(54)50-36-35-45(39-59(50)63)65(43-31-27-41(28-32-43)40-15-4-3-5-16-40)44-33-29-42(30-34-44)46-21-14-22-51-52-37-38-58-60(62(52)66-61(46)51)53-20-9-13-26-57(53)64(58)55-24-11-7-18-48(55)49-19-8-12-25-56(49)64/h3-39H,1-2H3. The van der Waals surface area contributed by atoms with Crippen LogP contribution in [0.4, 0.5) is 17.1 Å². The van der Waals surface area contributed by atoms with Crippen molar-refractivity contribution in [3.8, 4) is 55.6 Å². The number of rotatable bonds is 5. The summed E-state index contributed by atoms with van der Waals surface area (Å²) < 4.78 is 2.69. The van der Waals surface area contributed by atoms with Gasteiger partial charge in [-0.15, -0.1) is 11.3 Å². The molecule has 1 spiro atoms. The van der Waals surface area contributed by atoms with Crippen molar-refractivity contribution in [2.24, 2.45) is 0 Å². The van der Waals surface area contributed by atoms with Gasteiger partial charge in [0.2, 0.25) is 0 Å². The highest BCUT2D eigenvalue weighted by Gasteiger charge is 2.52. The van der Waals surface area contributed by atoms with Crippen molar-refractivity contribution in [2.45, 2.75) is 24.7 Å². The Labute approximate surface area is 389 Å². The maximum atomic E-state index is 2.45. The number of hydrogen-bond donors (Lipinski definition) is 0. The van der Waals surface area contributed by atoms with Crippen LogP contribution in [0.15, 0.2) is 224 Å². The van der Waals surface area contributed by atoms with Crippen molar-refractivity contribution in [3.05, 3.63) is 258 Å². The van der Waals surface area contributed by atoms with E-state index in [1.165, 1.54) is 109 Å². The molecule has 1 heterocycles. The Hall–Kier alpha value is -7.78. The molecule has 0 bridgehead atoms. The van der Waals surface area contributed by atoms with Gasteiger partial charge >= 0.3 is 0 Å². The molecule has 66 heavy (non-hydrogen) atoms. The molecular formula is C64H43NS. The van der Waals surface area contributed by atoms with Crippen molar-refractivity contribution >= 4 is 48.6 Å². The molecule has 3 aliphatic rings. The summed E-state index contributed by atoms with van der Waals surface area (Å²) in [6, 6.07) is 84.0. The SMILES string of the molecule is CC1(C)c2ccccc2-c2ccc(N(c3ccc(-c4ccccc4)cc3)c3ccc(-c4cccc5c4sc4c6c(ccc45)C4(c5ccccc5-c5ccccc54)c4ccccc4-6)cc3)cc21. The fourth-order valence-electron chi connectivity index (χ4n) is 12.2. The Kier molecular flexibility index (Phi) is 7.89. The molecule has 310 valence electrons. The molecule has 11 aromatic rings. The van der Waals surface area contributed by atoms with Crippen molar-refractivity contribution in [3.63, 3.8) is 0 Å². The third kappa shape index (κ3) is 5.05. The first-order valence-electron chi connectivity index (χ1n) is 23.1. The summed E-state index contributed by atoms with van der Waals surface area (Å²) in [6.07, 6.45) is 0. The molecule has 0 saturated carbocycles. The summed E-state index contributed by atoms with van der Waals surface area (Å²) in [5.41, 5.74) is 24.2. The largest absolute Gasteiger partial charge is 0.310 e. The minimum absolute atomic E-state index is 0.105. The molecule has 1 aromatic heterocycles. The first kappa shape index (κ1) is 37.6. The van der Waals surface area contributed by atoms with Crippen LogP contribution in [0.3, 0.4) is 0 Å². The normalized spacial score (nSPS) is 14.2. The van der Waals surface area contributed by atoms with E-state index in [4.69, 9.17) is 0 Å². The van der Waals surface area contributed by atoms with Crippen LogP contribution in [0.5, 0.6) is 0 Å². The van der Waals surface area contributed by atoms with E-state index < -0.39 is 0 Å². The molecule has 3 aliphatic carbocycles. The first-order valence-corrected chi connectivity index (χ1v) is 23.9. The molecular weight excluding hydrogens is 815 g/mol. The minimum atomic E-state index is -0.353. The average Bonchev–Trinajstić information content (AvgIpc) is 4.07. The van der Waals surface area contributed by atoms with Crippen molar-refractivity contribution in [1.29, 1.82) is 0 Å². The van der Waals surface area contributed by atoms with E-state index in [1.807, 2.05) is 11.3 Å². The second kappa shape index (κ2) is 13.9. The van der Waals surface area contributed by atoms with Gasteiger partial charge in [-0.25, -0.2) is 0 Å². The predicted molar refractivity (Wildman–Crippen MR) is 279 cm³/mol. The van der Waals surface area contributed by atoms with Gasteiger partial charge in [-0.2, -0.15) is 0 Å². The van der Waals surface area contributed by atoms with E-state index in [1.54, 1.807) is 0 Å². The summed E-state index contributed by atoms with van der Waals surface area (Å²) in [6.45, 7) is 4.73. The van der Waals surface area contributed by atoms with Gasteiger partial charge in [0.1, 0.15) is 0 Å². The van der Waals surface area contributed by atoms with E-state index in [2.05, 4.69) is 243 Å². The highest BCUT2D eigenvalue weighted by atomic mass is 32.1. The van der Waals surface area contributed by atoms with Crippen molar-refractivity contribution in [2.75, 3.05) is 4.90 Å². The van der Waals surface area contributed by atoms with E-state index in [0.717, 1.165) is 17.1 Å². The highest BCUT2D eigenvalue weighted by Crippen LogP contribution is 2.64. The van der Waals surface area contributed by atoms with E-state index >= 15 is 0 Å². The lowest BCUT2D eigenvalue weighted by Gasteiger charge is -2.30. The molecule has 10 aromatic carbocycles. The molecule has 1 nitrogen and oxygen atoms in total. The third-order valence-electron chi connectivity index (χ3n) is 15.1. The molecule has 0 amide bonds. The van der Waals surface area contributed by atoms with Crippen LogP contribution >= 0.6 is 11.3 Å².